The van der Waals surface area contributed by atoms with Crippen LogP contribution in [0.15, 0.2) is 47.5 Å². The van der Waals surface area contributed by atoms with Crippen molar-refractivity contribution < 1.29 is 31.1 Å². The molecule has 3 rings (SSSR count). The number of halogens is 3. The van der Waals surface area contributed by atoms with Crippen LogP contribution in [0.25, 0.3) is 0 Å². The molecule has 1 fully saturated rings. The Morgan fingerprint density at radius 2 is 1.87 bits per heavy atom. The number of anilines is 1. The van der Waals surface area contributed by atoms with Gasteiger partial charge in [0.2, 0.25) is 10.0 Å². The quantitative estimate of drug-likeness (QED) is 0.739. The van der Waals surface area contributed by atoms with Crippen molar-refractivity contribution in [2.45, 2.75) is 30.3 Å². The highest BCUT2D eigenvalue weighted by molar-refractivity contribution is 7.89. The summed E-state index contributed by atoms with van der Waals surface area (Å²) < 4.78 is 69.7. The summed E-state index contributed by atoms with van der Waals surface area (Å²) in [5.74, 6) is -1.01. The molecule has 7 nitrogen and oxygen atoms in total. The third-order valence-electron chi connectivity index (χ3n) is 4.44. The van der Waals surface area contributed by atoms with Gasteiger partial charge in [0.05, 0.1) is 10.6 Å². The Labute approximate surface area is 171 Å². The Morgan fingerprint density at radius 1 is 1.13 bits per heavy atom. The SMILES string of the molecule is O=C(Nc1cc(S(=O)(=O)N2CCCCC2)ccc1OCC(F)(F)F)c1ccccn1. The lowest BCUT2D eigenvalue weighted by Gasteiger charge is -2.26. The summed E-state index contributed by atoms with van der Waals surface area (Å²) >= 11 is 0. The fourth-order valence-corrected chi connectivity index (χ4v) is 4.53. The third-order valence-corrected chi connectivity index (χ3v) is 6.34. The molecule has 2 heterocycles. The number of alkyl halides is 3. The molecule has 0 radical (unpaired) electrons. The topological polar surface area (TPSA) is 88.6 Å². The van der Waals surface area contributed by atoms with Gasteiger partial charge in [0.15, 0.2) is 6.61 Å². The van der Waals surface area contributed by atoms with Crippen LogP contribution in [0, 0.1) is 0 Å². The van der Waals surface area contributed by atoms with Gasteiger partial charge in [0.25, 0.3) is 5.91 Å². The van der Waals surface area contributed by atoms with E-state index in [1.54, 1.807) is 12.1 Å². The molecular weight excluding hydrogens is 423 g/mol. The number of aromatic nitrogens is 1. The number of amides is 1. The van der Waals surface area contributed by atoms with Gasteiger partial charge in [-0.1, -0.05) is 12.5 Å². The summed E-state index contributed by atoms with van der Waals surface area (Å²) in [5.41, 5.74) is -0.170. The molecule has 11 heteroatoms. The number of nitrogens with one attached hydrogen (secondary N) is 1. The minimum Gasteiger partial charge on any atom is -0.482 e. The number of piperidine rings is 1. The number of hydrogen-bond acceptors (Lipinski definition) is 5. The molecule has 1 amide bonds. The number of pyridine rings is 1. The smallest absolute Gasteiger partial charge is 0.422 e. The number of nitrogens with zero attached hydrogens (tertiary/aromatic N) is 2. The summed E-state index contributed by atoms with van der Waals surface area (Å²) in [4.78, 5) is 16.2. The van der Waals surface area contributed by atoms with E-state index in [1.807, 2.05) is 0 Å². The molecule has 1 aromatic carbocycles. The molecule has 162 valence electrons. The molecule has 0 spiro atoms. The first-order valence-corrected chi connectivity index (χ1v) is 10.7. The second kappa shape index (κ2) is 9.00. The third kappa shape index (κ3) is 5.48. The molecule has 0 unspecified atom stereocenters. The summed E-state index contributed by atoms with van der Waals surface area (Å²) in [7, 11) is -3.86. The Hall–Kier alpha value is -2.66. The monoisotopic (exact) mass is 443 g/mol. The maximum absolute atomic E-state index is 12.9. The van der Waals surface area contributed by atoms with Crippen LogP contribution in [0.2, 0.25) is 0 Å². The van der Waals surface area contributed by atoms with Crippen LogP contribution in [-0.2, 0) is 10.0 Å². The van der Waals surface area contributed by atoms with Gasteiger partial charge in [-0.15, -0.1) is 0 Å². The zero-order valence-electron chi connectivity index (χ0n) is 15.9. The van der Waals surface area contributed by atoms with Crippen LogP contribution < -0.4 is 10.1 Å². The van der Waals surface area contributed by atoms with E-state index in [0.717, 1.165) is 31.4 Å². The average Bonchev–Trinajstić information content (AvgIpc) is 2.73. The Balaban J connectivity index is 1.93. The predicted octanol–water partition coefficient (Wildman–Crippen LogP) is 3.45. The molecule has 1 aliphatic heterocycles. The second-order valence-electron chi connectivity index (χ2n) is 6.70. The minimum absolute atomic E-state index is 0.0172. The first-order valence-electron chi connectivity index (χ1n) is 9.23. The first-order chi connectivity index (χ1) is 14.2. The zero-order chi connectivity index (χ0) is 21.8. The highest BCUT2D eigenvalue weighted by atomic mass is 32.2. The van der Waals surface area contributed by atoms with Crippen LogP contribution in [0.1, 0.15) is 29.8 Å². The number of hydrogen-bond donors (Lipinski definition) is 1. The maximum Gasteiger partial charge on any atom is 0.422 e. The van der Waals surface area contributed by atoms with Gasteiger partial charge >= 0.3 is 6.18 Å². The van der Waals surface area contributed by atoms with Crippen LogP contribution in [-0.4, -0.2) is 49.5 Å². The van der Waals surface area contributed by atoms with Crippen molar-refractivity contribution in [1.29, 1.82) is 0 Å². The molecule has 1 saturated heterocycles. The summed E-state index contributed by atoms with van der Waals surface area (Å²) in [6.45, 7) is -0.855. The van der Waals surface area contributed by atoms with Crippen LogP contribution in [0.4, 0.5) is 18.9 Å². The highest BCUT2D eigenvalue weighted by Gasteiger charge is 2.30. The lowest BCUT2D eigenvalue weighted by Crippen LogP contribution is -2.35. The van der Waals surface area contributed by atoms with E-state index in [-0.39, 0.29) is 22.0 Å². The van der Waals surface area contributed by atoms with Gasteiger partial charge < -0.3 is 10.1 Å². The number of carbonyl (C=O) groups is 1. The fraction of sp³-hybridized carbons (Fsp3) is 0.368. The van der Waals surface area contributed by atoms with Gasteiger partial charge in [-0.3, -0.25) is 9.78 Å². The molecule has 0 aliphatic carbocycles. The van der Waals surface area contributed by atoms with Gasteiger partial charge in [0.1, 0.15) is 11.4 Å². The Bertz CT molecular complexity index is 992. The van der Waals surface area contributed by atoms with E-state index in [1.165, 1.54) is 22.6 Å². The van der Waals surface area contributed by atoms with Crippen molar-refractivity contribution >= 4 is 21.6 Å². The molecule has 1 aromatic heterocycles. The fourth-order valence-electron chi connectivity index (χ4n) is 2.99. The van der Waals surface area contributed by atoms with Gasteiger partial charge in [0, 0.05) is 19.3 Å². The standard InChI is InChI=1S/C19H20F3N3O4S/c20-19(21,22)13-29-17-8-7-14(30(27,28)25-10-4-1-5-11-25)12-16(17)24-18(26)15-6-2-3-9-23-15/h2-3,6-9,12H,1,4-5,10-11,13H2,(H,24,26). The van der Waals surface area contributed by atoms with E-state index < -0.39 is 28.7 Å². The van der Waals surface area contributed by atoms with E-state index in [4.69, 9.17) is 4.74 Å². The van der Waals surface area contributed by atoms with Crippen molar-refractivity contribution in [3.05, 3.63) is 48.3 Å². The van der Waals surface area contributed by atoms with Crippen LogP contribution in [0.3, 0.4) is 0 Å². The lowest BCUT2D eigenvalue weighted by atomic mass is 10.2. The molecule has 30 heavy (non-hydrogen) atoms. The molecular formula is C19H20F3N3O4S. The normalized spacial score (nSPS) is 15.6. The van der Waals surface area contributed by atoms with Crippen molar-refractivity contribution in [3.8, 4) is 5.75 Å². The predicted molar refractivity (Wildman–Crippen MR) is 103 cm³/mol. The number of sulfonamides is 1. The Kier molecular flexibility index (Phi) is 6.61. The minimum atomic E-state index is -4.60. The number of carbonyl (C=O) groups excluding carboxylic acids is 1. The summed E-state index contributed by atoms with van der Waals surface area (Å²) in [6, 6.07) is 7.97. The Morgan fingerprint density at radius 3 is 2.50 bits per heavy atom. The molecule has 1 aliphatic rings. The van der Waals surface area contributed by atoms with Gasteiger partial charge in [-0.2, -0.15) is 17.5 Å². The van der Waals surface area contributed by atoms with Crippen molar-refractivity contribution in [1.82, 2.24) is 9.29 Å². The van der Waals surface area contributed by atoms with Crippen molar-refractivity contribution in [2.75, 3.05) is 25.0 Å². The van der Waals surface area contributed by atoms with E-state index in [2.05, 4.69) is 10.3 Å². The maximum atomic E-state index is 12.9. The molecule has 0 atom stereocenters. The molecule has 0 saturated carbocycles. The van der Waals surface area contributed by atoms with Crippen molar-refractivity contribution in [3.63, 3.8) is 0 Å². The zero-order valence-corrected chi connectivity index (χ0v) is 16.7. The average molecular weight is 443 g/mol. The lowest BCUT2D eigenvalue weighted by molar-refractivity contribution is -0.153. The number of rotatable bonds is 6. The van der Waals surface area contributed by atoms with E-state index in [9.17, 15) is 26.4 Å². The van der Waals surface area contributed by atoms with E-state index in [0.29, 0.717) is 13.1 Å². The molecule has 2 aromatic rings. The number of ether oxygens (including phenoxy) is 1. The van der Waals surface area contributed by atoms with E-state index >= 15 is 0 Å². The van der Waals surface area contributed by atoms with Gasteiger partial charge in [-0.25, -0.2) is 8.42 Å². The highest BCUT2D eigenvalue weighted by Crippen LogP contribution is 2.31. The first kappa shape index (κ1) is 22.0. The number of benzene rings is 1. The van der Waals surface area contributed by atoms with Gasteiger partial charge in [-0.05, 0) is 43.2 Å². The summed E-state index contributed by atoms with van der Waals surface area (Å²) in [5, 5.41) is 2.40. The molecule has 0 bridgehead atoms. The second-order valence-corrected chi connectivity index (χ2v) is 8.63. The largest absolute Gasteiger partial charge is 0.482 e. The van der Waals surface area contributed by atoms with Crippen LogP contribution in [0.5, 0.6) is 5.75 Å². The molecule has 1 N–H and O–H groups in total. The summed E-state index contributed by atoms with van der Waals surface area (Å²) in [6.07, 6.45) is -0.819. The van der Waals surface area contributed by atoms with Crippen molar-refractivity contribution in [2.24, 2.45) is 0 Å². The van der Waals surface area contributed by atoms with Crippen LogP contribution >= 0.6 is 0 Å².